The fraction of sp³-hybridized carbons (Fsp3) is 0.714. The Balaban J connectivity index is 2.94. The van der Waals surface area contributed by atoms with Crippen LogP contribution >= 0.6 is 6.04 Å². The quantitative estimate of drug-likeness (QED) is 0.491. The van der Waals surface area contributed by atoms with E-state index < -0.39 is 6.04 Å². The van der Waals surface area contributed by atoms with Crippen molar-refractivity contribution in [2.24, 2.45) is 0 Å². The summed E-state index contributed by atoms with van der Waals surface area (Å²) in [6.45, 7) is 6.71. The normalized spacial score (nSPS) is 43.0. The van der Waals surface area contributed by atoms with E-state index in [1.807, 2.05) is 0 Å². The predicted molar refractivity (Wildman–Crippen MR) is 48.0 cm³/mol. The minimum absolute atomic E-state index is 0.771. The van der Waals surface area contributed by atoms with Crippen LogP contribution in [0.4, 0.5) is 0 Å². The molecule has 0 saturated heterocycles. The first-order valence-electron chi connectivity index (χ1n) is 3.29. The molecule has 0 bridgehead atoms. The molecule has 1 aliphatic heterocycles. The van der Waals surface area contributed by atoms with Gasteiger partial charge in [0.15, 0.2) is 0 Å². The third-order valence-electron chi connectivity index (χ3n) is 2.30. The molecule has 0 saturated carbocycles. The van der Waals surface area contributed by atoms with E-state index in [2.05, 4.69) is 26.6 Å². The molecule has 0 aromatic rings. The molecule has 0 aromatic carbocycles. The van der Waals surface area contributed by atoms with Gasteiger partial charge in [0, 0.05) is 0 Å². The molecule has 0 radical (unpaired) electrons. The van der Waals surface area contributed by atoms with Crippen LogP contribution in [-0.2, 0) is 11.8 Å². The van der Waals surface area contributed by atoms with Crippen molar-refractivity contribution in [2.45, 2.75) is 25.9 Å². The van der Waals surface area contributed by atoms with E-state index in [0.717, 1.165) is 5.66 Å². The van der Waals surface area contributed by atoms with Crippen LogP contribution in [0.2, 0.25) is 0 Å². The maximum atomic E-state index is 5.50. The van der Waals surface area contributed by atoms with Crippen molar-refractivity contribution in [1.82, 2.24) is 0 Å². The molecule has 52 valence electrons. The molecule has 1 aliphatic rings. The predicted octanol–water partition coefficient (Wildman–Crippen LogP) is 2.79. The van der Waals surface area contributed by atoms with E-state index in [1.54, 1.807) is 0 Å². The Bertz CT molecular complexity index is 193. The molecule has 2 atom stereocenters. The molecule has 9 heavy (non-hydrogen) atoms. The zero-order chi connectivity index (χ0) is 7.07. The molecule has 0 unspecified atom stereocenters. The second-order valence-electron chi connectivity index (χ2n) is 2.92. The molecular weight excluding hydrogens is 147 g/mol. The molecule has 2 heteroatoms. The van der Waals surface area contributed by atoms with Crippen molar-refractivity contribution in [2.75, 3.05) is 6.66 Å². The van der Waals surface area contributed by atoms with Gasteiger partial charge in [0.25, 0.3) is 0 Å². The monoisotopic (exact) mass is 160 g/mol. The number of rotatable bonds is 0. The average Bonchev–Trinajstić information content (AvgIpc) is 1.96. The van der Waals surface area contributed by atoms with Gasteiger partial charge in [-0.15, -0.1) is 0 Å². The smallest absolute Gasteiger partial charge is 0.00798 e. The fourth-order valence-corrected chi connectivity index (χ4v) is 3.22. The van der Waals surface area contributed by atoms with Crippen LogP contribution in [0.25, 0.3) is 0 Å². The van der Waals surface area contributed by atoms with Gasteiger partial charge >= 0.3 is 0 Å². The lowest BCUT2D eigenvalue weighted by molar-refractivity contribution is 0.988. The Kier molecular flexibility index (Phi) is 1.84. The Morgan fingerprint density at radius 1 is 1.78 bits per heavy atom. The van der Waals surface area contributed by atoms with Gasteiger partial charge in [-0.3, -0.25) is 0 Å². The zero-order valence-corrected chi connectivity index (χ0v) is 7.93. The summed E-state index contributed by atoms with van der Waals surface area (Å²) in [7, 11) is 0. The number of hydrogen-bond donors (Lipinski definition) is 0. The van der Waals surface area contributed by atoms with Gasteiger partial charge in [0.1, 0.15) is 0 Å². The van der Waals surface area contributed by atoms with E-state index in [9.17, 15) is 0 Å². The largest absolute Gasteiger partial charge is 0.0929 e. The van der Waals surface area contributed by atoms with Crippen LogP contribution in [0.5, 0.6) is 0 Å². The van der Waals surface area contributed by atoms with E-state index in [-0.39, 0.29) is 0 Å². The van der Waals surface area contributed by atoms with Gasteiger partial charge in [-0.05, 0) is 37.0 Å². The van der Waals surface area contributed by atoms with Gasteiger partial charge in [-0.1, -0.05) is 24.8 Å². The minimum atomic E-state index is -1.03. The SMILES string of the molecule is CC1=CC[C@H](C)[P@@]1(C)=S. The van der Waals surface area contributed by atoms with E-state index in [0.29, 0.717) is 0 Å². The van der Waals surface area contributed by atoms with E-state index in [1.165, 1.54) is 11.7 Å². The van der Waals surface area contributed by atoms with Crippen molar-refractivity contribution in [3.63, 3.8) is 0 Å². The van der Waals surface area contributed by atoms with E-state index >= 15 is 0 Å². The lowest BCUT2D eigenvalue weighted by atomic mass is 10.3. The van der Waals surface area contributed by atoms with Gasteiger partial charge in [0.2, 0.25) is 0 Å². The molecule has 0 amide bonds. The Morgan fingerprint density at radius 3 is 2.44 bits per heavy atom. The van der Waals surface area contributed by atoms with Crippen LogP contribution in [-0.4, -0.2) is 12.3 Å². The number of allylic oxidation sites excluding steroid dienone is 2. The summed E-state index contributed by atoms with van der Waals surface area (Å²) in [6.07, 6.45) is 3.53. The molecule has 0 fully saturated rings. The van der Waals surface area contributed by atoms with Gasteiger partial charge < -0.3 is 0 Å². The first-order valence-corrected chi connectivity index (χ1v) is 6.61. The van der Waals surface area contributed by atoms with Gasteiger partial charge in [-0.25, -0.2) is 0 Å². The van der Waals surface area contributed by atoms with Crippen molar-refractivity contribution >= 4 is 17.8 Å². The maximum Gasteiger partial charge on any atom is -0.00798 e. The first-order chi connectivity index (χ1) is 4.05. The molecule has 0 nitrogen and oxygen atoms in total. The highest BCUT2D eigenvalue weighted by Crippen LogP contribution is 2.60. The second-order valence-corrected chi connectivity index (χ2v) is 8.76. The van der Waals surface area contributed by atoms with Crippen LogP contribution in [0.3, 0.4) is 0 Å². The molecule has 1 rings (SSSR count). The molecular formula is C7H13PS. The average molecular weight is 160 g/mol. The summed E-state index contributed by atoms with van der Waals surface area (Å²) < 4.78 is 0. The third-order valence-corrected chi connectivity index (χ3v) is 7.72. The molecule has 0 spiro atoms. The topological polar surface area (TPSA) is 0 Å². The van der Waals surface area contributed by atoms with Crippen LogP contribution in [0.15, 0.2) is 11.4 Å². The summed E-state index contributed by atoms with van der Waals surface area (Å²) in [6, 6.07) is -1.03. The summed E-state index contributed by atoms with van der Waals surface area (Å²) in [5.74, 6) is 0. The summed E-state index contributed by atoms with van der Waals surface area (Å²) in [5, 5.41) is 1.49. The van der Waals surface area contributed by atoms with Crippen molar-refractivity contribution in [1.29, 1.82) is 0 Å². The summed E-state index contributed by atoms with van der Waals surface area (Å²) in [5.41, 5.74) is 0.771. The Hall–Kier alpha value is 0.390. The summed E-state index contributed by atoms with van der Waals surface area (Å²) >= 11 is 5.50. The molecule has 0 N–H and O–H groups in total. The molecule has 0 aromatic heterocycles. The van der Waals surface area contributed by atoms with Gasteiger partial charge in [-0.2, -0.15) is 0 Å². The second kappa shape index (κ2) is 2.21. The molecule has 0 aliphatic carbocycles. The summed E-state index contributed by atoms with van der Waals surface area (Å²) in [4.78, 5) is 0. The highest BCUT2D eigenvalue weighted by Gasteiger charge is 2.25. The third kappa shape index (κ3) is 1.13. The maximum absolute atomic E-state index is 5.50. The standard InChI is InChI=1S/C7H13PS/c1-6-4-5-7(2)8(6,3)9/h4,7H,5H2,1-3H3/t7-,8-/m0/s1. The molecule has 1 heterocycles. The fourth-order valence-electron chi connectivity index (χ4n) is 1.07. The highest BCUT2D eigenvalue weighted by molar-refractivity contribution is 8.16. The lowest BCUT2D eigenvalue weighted by Crippen LogP contribution is -1.93. The highest BCUT2D eigenvalue weighted by atomic mass is 32.4. The Morgan fingerprint density at radius 2 is 2.33 bits per heavy atom. The number of hydrogen-bond acceptors (Lipinski definition) is 1. The van der Waals surface area contributed by atoms with Crippen molar-refractivity contribution in [3.05, 3.63) is 11.4 Å². The first kappa shape index (κ1) is 7.50. The van der Waals surface area contributed by atoms with Crippen LogP contribution in [0.1, 0.15) is 20.3 Å². The Labute approximate surface area is 62.4 Å². The van der Waals surface area contributed by atoms with Crippen molar-refractivity contribution < 1.29 is 0 Å². The minimum Gasteiger partial charge on any atom is -0.0929 e. The lowest BCUT2D eigenvalue weighted by Gasteiger charge is -2.16. The van der Waals surface area contributed by atoms with E-state index in [4.69, 9.17) is 11.8 Å². The van der Waals surface area contributed by atoms with Crippen molar-refractivity contribution in [3.8, 4) is 0 Å². The zero-order valence-electron chi connectivity index (χ0n) is 6.22. The van der Waals surface area contributed by atoms with Crippen LogP contribution < -0.4 is 0 Å². The van der Waals surface area contributed by atoms with Gasteiger partial charge in [0.05, 0.1) is 0 Å². The van der Waals surface area contributed by atoms with Crippen LogP contribution in [0, 0.1) is 0 Å².